The molecule has 238 valence electrons. The van der Waals surface area contributed by atoms with Crippen LogP contribution >= 0.6 is 0 Å². The van der Waals surface area contributed by atoms with Crippen LogP contribution in [-0.2, 0) is 32.0 Å². The Morgan fingerprint density at radius 2 is 1.47 bits per heavy atom. The highest BCUT2D eigenvalue weighted by Crippen LogP contribution is 2.44. The molecule has 2 aliphatic rings. The number of hydrogen-bond acceptors (Lipinski definition) is 7. The second-order valence-electron chi connectivity index (χ2n) is 12.8. The number of anilines is 1. The van der Waals surface area contributed by atoms with E-state index in [0.717, 1.165) is 27.9 Å². The molecular formula is C36H43N3O6. The molecule has 0 radical (unpaired) electrons. The lowest BCUT2D eigenvalue weighted by Gasteiger charge is -2.38. The first kappa shape index (κ1) is 32.0. The molecule has 2 N–H and O–H groups in total. The summed E-state index contributed by atoms with van der Waals surface area (Å²) in [5.74, 6) is -1.24. The molecule has 0 spiro atoms. The van der Waals surface area contributed by atoms with Gasteiger partial charge in [-0.1, -0.05) is 54.6 Å². The molecule has 1 fully saturated rings. The molecule has 0 aromatic heterocycles. The zero-order valence-electron chi connectivity index (χ0n) is 26.8. The van der Waals surface area contributed by atoms with Gasteiger partial charge in [-0.05, 0) is 79.1 Å². The van der Waals surface area contributed by atoms with Gasteiger partial charge in [-0.2, -0.15) is 0 Å². The molecule has 0 atom stereocenters. The largest absolute Gasteiger partial charge is 0.481 e. The zero-order valence-corrected chi connectivity index (χ0v) is 26.8. The highest BCUT2D eigenvalue weighted by atomic mass is 16.6. The van der Waals surface area contributed by atoms with Crippen LogP contribution in [0, 0.1) is 13.8 Å². The van der Waals surface area contributed by atoms with Gasteiger partial charge in [0.2, 0.25) is 0 Å². The standard InChI is InChI=1S/C36H43N3O6/c1-23-25(19-32(40)41)18-26(20-37-21-33(42)45-36(3,4)5)24(2)34(23)38-14-16-39(17-15-38)35(43)44-22-31-29-12-8-6-10-27(29)28-11-7-9-13-30(28)31/h6-13,18,31,37H,14-17,19-22H2,1-5H3,(H,40,41). The SMILES string of the molecule is Cc1c(CNCC(=O)OC(C)(C)C)cc(CC(=O)O)c(C)c1N1CCN(C(=O)OCC2c3ccccc3-c3ccccc32)CC1. The van der Waals surface area contributed by atoms with Gasteiger partial charge in [-0.3, -0.25) is 9.59 Å². The Hall–Kier alpha value is -4.37. The monoisotopic (exact) mass is 613 g/mol. The number of esters is 1. The van der Waals surface area contributed by atoms with E-state index in [1.807, 2.05) is 65.0 Å². The number of carboxylic acid groups (broad SMARTS) is 1. The van der Waals surface area contributed by atoms with Crippen LogP contribution in [0.1, 0.15) is 60.1 Å². The fourth-order valence-corrected chi connectivity index (χ4v) is 6.49. The summed E-state index contributed by atoms with van der Waals surface area (Å²) in [5.41, 5.74) is 8.76. The molecule has 1 amide bonds. The summed E-state index contributed by atoms with van der Waals surface area (Å²) in [6.45, 7) is 12.3. The maximum Gasteiger partial charge on any atom is 0.409 e. The molecule has 5 rings (SSSR count). The minimum Gasteiger partial charge on any atom is -0.481 e. The van der Waals surface area contributed by atoms with E-state index < -0.39 is 11.6 Å². The lowest BCUT2D eigenvalue weighted by Crippen LogP contribution is -2.49. The molecule has 3 aromatic carbocycles. The Balaban J connectivity index is 1.24. The fraction of sp³-hybridized carbons (Fsp3) is 0.417. The summed E-state index contributed by atoms with van der Waals surface area (Å²) >= 11 is 0. The number of ether oxygens (including phenoxy) is 2. The van der Waals surface area contributed by atoms with Crippen LogP contribution in [0.2, 0.25) is 0 Å². The van der Waals surface area contributed by atoms with Gasteiger partial charge in [0.05, 0.1) is 13.0 Å². The molecular weight excluding hydrogens is 570 g/mol. The number of aliphatic carboxylic acids is 1. The van der Waals surface area contributed by atoms with Crippen LogP contribution in [-0.4, -0.2) is 73.0 Å². The number of nitrogens with zero attached hydrogens (tertiary/aromatic N) is 2. The maximum absolute atomic E-state index is 13.2. The second-order valence-corrected chi connectivity index (χ2v) is 12.8. The van der Waals surface area contributed by atoms with Crippen molar-refractivity contribution in [3.8, 4) is 11.1 Å². The predicted molar refractivity (Wildman–Crippen MR) is 174 cm³/mol. The van der Waals surface area contributed by atoms with E-state index in [-0.39, 0.29) is 37.6 Å². The molecule has 0 bridgehead atoms. The number of carbonyl (C=O) groups excluding carboxylic acids is 2. The van der Waals surface area contributed by atoms with Crippen LogP contribution < -0.4 is 10.2 Å². The Morgan fingerprint density at radius 3 is 2.04 bits per heavy atom. The van der Waals surface area contributed by atoms with Gasteiger partial charge in [-0.15, -0.1) is 0 Å². The number of piperazine rings is 1. The highest BCUT2D eigenvalue weighted by Gasteiger charge is 2.31. The first-order valence-electron chi connectivity index (χ1n) is 15.5. The molecule has 1 heterocycles. The number of hydrogen-bond donors (Lipinski definition) is 2. The maximum atomic E-state index is 13.2. The Kier molecular flexibility index (Phi) is 9.48. The van der Waals surface area contributed by atoms with Crippen molar-refractivity contribution in [2.45, 2.75) is 59.1 Å². The molecule has 0 saturated carbocycles. The molecule has 1 saturated heterocycles. The molecule has 0 unspecified atom stereocenters. The topological polar surface area (TPSA) is 108 Å². The van der Waals surface area contributed by atoms with Crippen LogP contribution in [0.4, 0.5) is 10.5 Å². The lowest BCUT2D eigenvalue weighted by atomic mass is 9.94. The van der Waals surface area contributed by atoms with Crippen LogP contribution in [0.3, 0.4) is 0 Å². The number of carboxylic acids is 1. The van der Waals surface area contributed by atoms with E-state index in [1.165, 1.54) is 22.3 Å². The summed E-state index contributed by atoms with van der Waals surface area (Å²) < 4.78 is 11.3. The summed E-state index contributed by atoms with van der Waals surface area (Å²) in [6, 6.07) is 18.5. The van der Waals surface area contributed by atoms with Crippen molar-refractivity contribution < 1.29 is 29.0 Å². The molecule has 45 heavy (non-hydrogen) atoms. The first-order valence-corrected chi connectivity index (χ1v) is 15.5. The molecule has 9 nitrogen and oxygen atoms in total. The zero-order chi connectivity index (χ0) is 32.3. The van der Waals surface area contributed by atoms with Gasteiger partial charge in [0.15, 0.2) is 0 Å². The first-order chi connectivity index (χ1) is 21.4. The van der Waals surface area contributed by atoms with Gasteiger partial charge >= 0.3 is 18.0 Å². The smallest absolute Gasteiger partial charge is 0.409 e. The summed E-state index contributed by atoms with van der Waals surface area (Å²) in [4.78, 5) is 41.1. The van der Waals surface area contributed by atoms with Crippen LogP contribution in [0.15, 0.2) is 54.6 Å². The van der Waals surface area contributed by atoms with Gasteiger partial charge in [0, 0.05) is 44.3 Å². The third-order valence-corrected chi connectivity index (χ3v) is 8.56. The van der Waals surface area contributed by atoms with Crippen molar-refractivity contribution >= 4 is 23.7 Å². The molecule has 1 aliphatic heterocycles. The summed E-state index contributed by atoms with van der Waals surface area (Å²) in [7, 11) is 0. The van der Waals surface area contributed by atoms with E-state index >= 15 is 0 Å². The van der Waals surface area contributed by atoms with Crippen molar-refractivity contribution in [3.05, 3.63) is 88.0 Å². The number of benzene rings is 3. The van der Waals surface area contributed by atoms with Crippen LogP contribution in [0.25, 0.3) is 11.1 Å². The van der Waals surface area contributed by atoms with Gasteiger partial charge < -0.3 is 29.7 Å². The quantitative estimate of drug-likeness (QED) is 0.308. The van der Waals surface area contributed by atoms with E-state index in [0.29, 0.717) is 32.7 Å². The van der Waals surface area contributed by atoms with E-state index in [1.54, 1.807) is 4.90 Å². The highest BCUT2D eigenvalue weighted by molar-refractivity contribution is 5.79. The normalized spacial score (nSPS) is 14.6. The average molecular weight is 614 g/mol. The second kappa shape index (κ2) is 13.3. The van der Waals surface area contributed by atoms with Crippen LogP contribution in [0.5, 0.6) is 0 Å². The van der Waals surface area contributed by atoms with E-state index in [4.69, 9.17) is 9.47 Å². The van der Waals surface area contributed by atoms with Crippen molar-refractivity contribution in [1.29, 1.82) is 0 Å². The summed E-state index contributed by atoms with van der Waals surface area (Å²) in [6.07, 6.45) is -0.422. The van der Waals surface area contributed by atoms with Crippen molar-refractivity contribution in [2.24, 2.45) is 0 Å². The number of amides is 1. The Bertz CT molecular complexity index is 1540. The number of carbonyl (C=O) groups is 3. The fourth-order valence-electron chi connectivity index (χ4n) is 6.49. The van der Waals surface area contributed by atoms with Gasteiger partial charge in [0.25, 0.3) is 0 Å². The van der Waals surface area contributed by atoms with Crippen molar-refractivity contribution in [2.75, 3.05) is 44.2 Å². The molecule has 9 heteroatoms. The Morgan fingerprint density at radius 1 is 0.889 bits per heavy atom. The minimum absolute atomic E-state index is 0.00672. The van der Waals surface area contributed by atoms with Gasteiger partial charge in [0.1, 0.15) is 12.2 Å². The number of rotatable bonds is 9. The van der Waals surface area contributed by atoms with Gasteiger partial charge in [-0.25, -0.2) is 4.79 Å². The Labute approximate surface area is 265 Å². The minimum atomic E-state index is -0.902. The molecule has 1 aliphatic carbocycles. The third-order valence-electron chi connectivity index (χ3n) is 8.56. The average Bonchev–Trinajstić information content (AvgIpc) is 3.31. The number of nitrogens with one attached hydrogen (secondary N) is 1. The third kappa shape index (κ3) is 7.31. The molecule has 3 aromatic rings. The van der Waals surface area contributed by atoms with Crippen molar-refractivity contribution in [3.63, 3.8) is 0 Å². The lowest BCUT2D eigenvalue weighted by molar-refractivity contribution is -0.153. The summed E-state index contributed by atoms with van der Waals surface area (Å²) in [5, 5.41) is 12.8. The predicted octanol–water partition coefficient (Wildman–Crippen LogP) is 5.43. The van der Waals surface area contributed by atoms with E-state index in [2.05, 4.69) is 34.5 Å². The van der Waals surface area contributed by atoms with Crippen molar-refractivity contribution in [1.82, 2.24) is 10.2 Å². The van der Waals surface area contributed by atoms with E-state index in [9.17, 15) is 19.5 Å². The number of fused-ring (bicyclic) bond motifs is 3.